The summed E-state index contributed by atoms with van der Waals surface area (Å²) >= 11 is 0. The van der Waals surface area contributed by atoms with Crippen molar-refractivity contribution in [1.82, 2.24) is 0 Å². The summed E-state index contributed by atoms with van der Waals surface area (Å²) in [5.74, 6) is 5.44. The molecule has 0 radical (unpaired) electrons. The molecule has 0 aromatic carbocycles. The number of unbranched alkanes of at least 4 members (excludes halogenated alkanes) is 4. The monoisotopic (exact) mass is 156 g/mol. The largest absolute Gasteiger partial charge is 0.396 e. The van der Waals surface area contributed by atoms with Gasteiger partial charge in [-0.15, -0.1) is 5.92 Å². The zero-order valence-corrected chi connectivity index (χ0v) is 6.84. The SMILES string of the molecule is OCC#CCCCCCCO. The van der Waals surface area contributed by atoms with Gasteiger partial charge in [-0.3, -0.25) is 0 Å². The van der Waals surface area contributed by atoms with Crippen LogP contribution in [0.15, 0.2) is 0 Å². The molecule has 0 fully saturated rings. The Bertz CT molecular complexity index is 121. The molecule has 0 aromatic rings. The summed E-state index contributed by atoms with van der Waals surface area (Å²) < 4.78 is 0. The van der Waals surface area contributed by atoms with Gasteiger partial charge in [0.15, 0.2) is 0 Å². The highest BCUT2D eigenvalue weighted by Crippen LogP contribution is 2.00. The molecule has 0 heterocycles. The van der Waals surface area contributed by atoms with E-state index in [9.17, 15) is 0 Å². The van der Waals surface area contributed by atoms with Gasteiger partial charge in [0.05, 0.1) is 0 Å². The maximum Gasteiger partial charge on any atom is 0.104 e. The van der Waals surface area contributed by atoms with Gasteiger partial charge in [0.25, 0.3) is 0 Å². The molecule has 0 saturated carbocycles. The molecule has 0 aromatic heterocycles. The van der Waals surface area contributed by atoms with Crippen molar-refractivity contribution in [2.45, 2.75) is 32.1 Å². The highest BCUT2D eigenvalue weighted by atomic mass is 16.3. The van der Waals surface area contributed by atoms with Gasteiger partial charge in [0.2, 0.25) is 0 Å². The van der Waals surface area contributed by atoms with Crippen LogP contribution in [0.1, 0.15) is 32.1 Å². The van der Waals surface area contributed by atoms with Crippen LogP contribution in [-0.4, -0.2) is 23.4 Å². The van der Waals surface area contributed by atoms with Crippen LogP contribution in [0, 0.1) is 11.8 Å². The predicted molar refractivity (Wildman–Crippen MR) is 45.0 cm³/mol. The van der Waals surface area contributed by atoms with E-state index in [0.29, 0.717) is 6.61 Å². The van der Waals surface area contributed by atoms with Crippen molar-refractivity contribution < 1.29 is 10.2 Å². The molecule has 2 heteroatoms. The van der Waals surface area contributed by atoms with Gasteiger partial charge in [0.1, 0.15) is 6.61 Å². The lowest BCUT2D eigenvalue weighted by atomic mass is 10.1. The van der Waals surface area contributed by atoms with Crippen LogP contribution in [0.5, 0.6) is 0 Å². The quantitative estimate of drug-likeness (QED) is 0.459. The Kier molecular flexibility index (Phi) is 9.03. The van der Waals surface area contributed by atoms with E-state index in [0.717, 1.165) is 32.1 Å². The summed E-state index contributed by atoms with van der Waals surface area (Å²) in [5.41, 5.74) is 0. The average molecular weight is 156 g/mol. The van der Waals surface area contributed by atoms with Gasteiger partial charge >= 0.3 is 0 Å². The smallest absolute Gasteiger partial charge is 0.104 e. The normalized spacial score (nSPS) is 8.91. The van der Waals surface area contributed by atoms with Crippen LogP contribution in [0.3, 0.4) is 0 Å². The third-order valence-corrected chi connectivity index (χ3v) is 1.41. The predicted octanol–water partition coefficient (Wildman–Crippen LogP) is 0.925. The van der Waals surface area contributed by atoms with E-state index in [1.807, 2.05) is 0 Å². The molecule has 0 rings (SSSR count). The van der Waals surface area contributed by atoms with Crippen LogP contribution in [0.25, 0.3) is 0 Å². The second-order valence-electron chi connectivity index (χ2n) is 2.40. The first kappa shape index (κ1) is 10.5. The summed E-state index contributed by atoms with van der Waals surface area (Å²) in [7, 11) is 0. The van der Waals surface area contributed by atoms with Crippen molar-refractivity contribution in [3.63, 3.8) is 0 Å². The maximum absolute atomic E-state index is 8.45. The van der Waals surface area contributed by atoms with Crippen molar-refractivity contribution in [3.05, 3.63) is 0 Å². The summed E-state index contributed by atoms with van der Waals surface area (Å²) in [6.45, 7) is 0.263. The van der Waals surface area contributed by atoms with Crippen LogP contribution < -0.4 is 0 Å². The minimum atomic E-state index is -0.0311. The number of aliphatic hydroxyl groups excluding tert-OH is 2. The van der Waals surface area contributed by atoms with Crippen molar-refractivity contribution in [2.24, 2.45) is 0 Å². The molecule has 0 saturated heterocycles. The van der Waals surface area contributed by atoms with Gasteiger partial charge in [0, 0.05) is 13.0 Å². The molecule has 0 spiro atoms. The maximum atomic E-state index is 8.45. The van der Waals surface area contributed by atoms with Crippen LogP contribution >= 0.6 is 0 Å². The molecular formula is C9H16O2. The van der Waals surface area contributed by atoms with Crippen LogP contribution in [-0.2, 0) is 0 Å². The Labute approximate surface area is 68.2 Å². The molecule has 0 aliphatic heterocycles. The van der Waals surface area contributed by atoms with Crippen molar-refractivity contribution in [3.8, 4) is 11.8 Å². The fourth-order valence-corrected chi connectivity index (χ4v) is 0.823. The first-order valence-corrected chi connectivity index (χ1v) is 4.09. The molecule has 0 aliphatic carbocycles. The molecular weight excluding hydrogens is 140 g/mol. The van der Waals surface area contributed by atoms with Gasteiger partial charge < -0.3 is 10.2 Å². The average Bonchev–Trinajstić information content (AvgIpc) is 2.03. The molecule has 64 valence electrons. The van der Waals surface area contributed by atoms with Gasteiger partial charge in [-0.25, -0.2) is 0 Å². The van der Waals surface area contributed by atoms with Crippen molar-refractivity contribution in [2.75, 3.05) is 13.2 Å². The zero-order valence-electron chi connectivity index (χ0n) is 6.84. The zero-order chi connectivity index (χ0) is 8.36. The number of aliphatic hydroxyl groups is 2. The lowest BCUT2D eigenvalue weighted by Gasteiger charge is -1.93. The Morgan fingerprint density at radius 2 is 1.55 bits per heavy atom. The molecule has 0 atom stereocenters. The number of hydrogen-bond acceptors (Lipinski definition) is 2. The third-order valence-electron chi connectivity index (χ3n) is 1.41. The molecule has 0 amide bonds. The highest BCUT2D eigenvalue weighted by molar-refractivity contribution is 4.98. The lowest BCUT2D eigenvalue weighted by Crippen LogP contribution is -1.82. The van der Waals surface area contributed by atoms with E-state index in [4.69, 9.17) is 10.2 Å². The second kappa shape index (κ2) is 9.48. The Morgan fingerprint density at radius 1 is 0.818 bits per heavy atom. The van der Waals surface area contributed by atoms with E-state index in [1.54, 1.807) is 0 Å². The summed E-state index contributed by atoms with van der Waals surface area (Å²) in [4.78, 5) is 0. The van der Waals surface area contributed by atoms with E-state index in [-0.39, 0.29) is 6.61 Å². The molecule has 11 heavy (non-hydrogen) atoms. The first-order chi connectivity index (χ1) is 5.41. The Hall–Kier alpha value is -0.520. The lowest BCUT2D eigenvalue weighted by molar-refractivity contribution is 0.282. The third kappa shape index (κ3) is 9.48. The van der Waals surface area contributed by atoms with E-state index in [2.05, 4.69) is 11.8 Å². The van der Waals surface area contributed by atoms with Gasteiger partial charge in [-0.1, -0.05) is 18.8 Å². The summed E-state index contributed by atoms with van der Waals surface area (Å²) in [6, 6.07) is 0. The standard InChI is InChI=1S/C9H16O2/c10-8-6-4-2-1-3-5-7-9-11/h10-11H,1-4,6,8-9H2. The van der Waals surface area contributed by atoms with Gasteiger partial charge in [-0.05, 0) is 12.8 Å². The van der Waals surface area contributed by atoms with Crippen molar-refractivity contribution in [1.29, 1.82) is 0 Å². The summed E-state index contributed by atoms with van der Waals surface area (Å²) in [5, 5.41) is 16.7. The number of rotatable bonds is 5. The van der Waals surface area contributed by atoms with E-state index < -0.39 is 0 Å². The van der Waals surface area contributed by atoms with Crippen LogP contribution in [0.2, 0.25) is 0 Å². The second-order valence-corrected chi connectivity index (χ2v) is 2.40. The van der Waals surface area contributed by atoms with E-state index >= 15 is 0 Å². The van der Waals surface area contributed by atoms with E-state index in [1.165, 1.54) is 0 Å². The molecule has 2 nitrogen and oxygen atoms in total. The fraction of sp³-hybridized carbons (Fsp3) is 0.778. The fourth-order valence-electron chi connectivity index (χ4n) is 0.823. The topological polar surface area (TPSA) is 40.5 Å². The molecule has 0 aliphatic rings. The number of hydrogen-bond donors (Lipinski definition) is 2. The van der Waals surface area contributed by atoms with Crippen molar-refractivity contribution >= 4 is 0 Å². The Balaban J connectivity index is 2.90. The Morgan fingerprint density at radius 3 is 2.18 bits per heavy atom. The minimum absolute atomic E-state index is 0.0311. The van der Waals surface area contributed by atoms with Crippen LogP contribution in [0.4, 0.5) is 0 Å². The summed E-state index contributed by atoms with van der Waals surface area (Å²) in [6.07, 6.45) is 5.05. The first-order valence-electron chi connectivity index (χ1n) is 4.09. The molecule has 2 N–H and O–H groups in total. The molecule has 0 unspecified atom stereocenters. The van der Waals surface area contributed by atoms with Gasteiger partial charge in [-0.2, -0.15) is 0 Å². The minimum Gasteiger partial charge on any atom is -0.396 e. The molecule has 0 bridgehead atoms. The highest BCUT2D eigenvalue weighted by Gasteiger charge is 1.85.